The third-order valence-corrected chi connectivity index (χ3v) is 9.78. The molecule has 0 aliphatic carbocycles. The fourth-order valence-electron chi connectivity index (χ4n) is 5.33. The summed E-state index contributed by atoms with van der Waals surface area (Å²) in [6, 6.07) is 10.3. The van der Waals surface area contributed by atoms with Crippen LogP contribution in [0.5, 0.6) is 0 Å². The van der Waals surface area contributed by atoms with Gasteiger partial charge < -0.3 is 29.6 Å². The molecule has 11 nitrogen and oxygen atoms in total. The van der Waals surface area contributed by atoms with Gasteiger partial charge in [-0.2, -0.15) is 0 Å². The van der Waals surface area contributed by atoms with Crippen molar-refractivity contribution in [2.24, 2.45) is 0 Å². The summed E-state index contributed by atoms with van der Waals surface area (Å²) < 4.78 is 13.0. The minimum Gasteiger partial charge on any atom is -0.444 e. The van der Waals surface area contributed by atoms with Crippen LogP contribution in [0.3, 0.4) is 0 Å². The number of benzene rings is 1. The Bertz CT molecular complexity index is 1620. The van der Waals surface area contributed by atoms with Gasteiger partial charge in [0, 0.05) is 63.5 Å². The molecule has 0 bridgehead atoms. The quantitative estimate of drug-likeness (QED) is 0.127. The van der Waals surface area contributed by atoms with Gasteiger partial charge in [0.1, 0.15) is 24.1 Å². The zero-order chi connectivity index (χ0) is 35.1. The van der Waals surface area contributed by atoms with Crippen molar-refractivity contribution < 1.29 is 28.7 Å². The van der Waals surface area contributed by atoms with E-state index in [9.17, 15) is 19.2 Å². The van der Waals surface area contributed by atoms with E-state index in [1.54, 1.807) is 67.9 Å². The van der Waals surface area contributed by atoms with Crippen LogP contribution in [0.1, 0.15) is 71.1 Å². The fourth-order valence-corrected chi connectivity index (χ4v) is 6.28. The Hall–Kier alpha value is -4.00. The first-order chi connectivity index (χ1) is 22.6. The van der Waals surface area contributed by atoms with E-state index < -0.39 is 31.7 Å². The number of carbonyl (C=O) groups excluding carboxylic acids is 4. The maximum atomic E-state index is 14.3. The number of rotatable bonds is 13. The summed E-state index contributed by atoms with van der Waals surface area (Å²) in [4.78, 5) is 59.2. The number of hydrogen-bond acceptors (Lipinski definition) is 7. The lowest BCUT2D eigenvalue weighted by Gasteiger charge is -2.25. The summed E-state index contributed by atoms with van der Waals surface area (Å²) in [6.45, 7) is 13.5. The van der Waals surface area contributed by atoms with Crippen LogP contribution in [0.4, 0.5) is 4.79 Å². The van der Waals surface area contributed by atoms with E-state index in [4.69, 9.17) is 21.1 Å². The van der Waals surface area contributed by atoms with Crippen molar-refractivity contribution in [2.75, 3.05) is 13.2 Å². The topological polar surface area (TPSA) is 132 Å². The molecular weight excluding hydrogens is 650 g/mol. The maximum Gasteiger partial charge on any atom is 0.407 e. The molecule has 2 N–H and O–H groups in total. The number of pyridine rings is 1. The lowest BCUT2D eigenvalue weighted by molar-refractivity contribution is -0.125. The van der Waals surface area contributed by atoms with E-state index in [1.807, 2.05) is 0 Å². The number of alkyl carbamates (subject to hydrolysis) is 1. The van der Waals surface area contributed by atoms with E-state index >= 15 is 0 Å². The van der Waals surface area contributed by atoms with Gasteiger partial charge >= 0.3 is 6.09 Å². The first-order valence-corrected chi connectivity index (χ1v) is 20.3. The highest BCUT2D eigenvalue weighted by atomic mass is 35.5. The Kier molecular flexibility index (Phi) is 12.2. The van der Waals surface area contributed by atoms with E-state index in [-0.39, 0.29) is 42.8 Å². The smallest absolute Gasteiger partial charge is 0.407 e. The van der Waals surface area contributed by atoms with Gasteiger partial charge in [0.2, 0.25) is 5.91 Å². The van der Waals surface area contributed by atoms with Crippen molar-refractivity contribution in [3.63, 3.8) is 0 Å². The molecule has 1 fully saturated rings. The van der Waals surface area contributed by atoms with E-state index in [0.717, 1.165) is 17.2 Å². The number of nitrogens with zero attached hydrogens (tertiary/aromatic N) is 3. The van der Waals surface area contributed by atoms with Crippen molar-refractivity contribution in [1.29, 1.82) is 0 Å². The highest BCUT2D eigenvalue weighted by molar-refractivity contribution is 6.76. The summed E-state index contributed by atoms with van der Waals surface area (Å²) in [7, 11) is -1.33. The minimum atomic E-state index is -1.33. The second-order valence-electron chi connectivity index (χ2n) is 14.1. The molecule has 1 aliphatic heterocycles. The summed E-state index contributed by atoms with van der Waals surface area (Å²) in [6.07, 6.45) is 5.30. The average Bonchev–Trinajstić information content (AvgIpc) is 3.68. The Labute approximate surface area is 288 Å². The number of amides is 3. The molecule has 0 saturated carbocycles. The van der Waals surface area contributed by atoms with E-state index in [0.29, 0.717) is 36.6 Å². The molecule has 0 unspecified atom stereocenters. The van der Waals surface area contributed by atoms with Gasteiger partial charge in [-0.05, 0) is 81.1 Å². The first kappa shape index (κ1) is 36.8. The number of ketones is 1. The monoisotopic (exact) mass is 695 g/mol. The SMILES string of the molecule is CC(C)(C)OC(=O)NCc1ccc(Cl)cc1CNC(=O)[C@@H]1CCCN1C(=O)c1c(C(=O)c2ccncc2)ccn1COCC[Si](C)(C)C. The van der Waals surface area contributed by atoms with Crippen LogP contribution in [0.15, 0.2) is 55.0 Å². The minimum absolute atomic E-state index is 0.106. The second kappa shape index (κ2) is 15.9. The normalized spacial score (nSPS) is 14.9. The molecule has 1 aromatic carbocycles. The summed E-state index contributed by atoms with van der Waals surface area (Å²) in [5, 5.41) is 6.19. The molecule has 0 spiro atoms. The number of hydrogen-bond donors (Lipinski definition) is 2. The average molecular weight is 696 g/mol. The summed E-state index contributed by atoms with van der Waals surface area (Å²) in [5.41, 5.74) is 1.68. The van der Waals surface area contributed by atoms with Crippen LogP contribution in [0.25, 0.3) is 0 Å². The molecule has 3 heterocycles. The zero-order valence-corrected chi connectivity index (χ0v) is 30.4. The Morgan fingerprint density at radius 3 is 2.40 bits per heavy atom. The predicted molar refractivity (Wildman–Crippen MR) is 187 cm³/mol. The van der Waals surface area contributed by atoms with Crippen LogP contribution in [0, 0.1) is 0 Å². The van der Waals surface area contributed by atoms with Crippen molar-refractivity contribution in [3.8, 4) is 0 Å². The highest BCUT2D eigenvalue weighted by Gasteiger charge is 2.37. The van der Waals surface area contributed by atoms with E-state index in [1.165, 1.54) is 17.3 Å². The van der Waals surface area contributed by atoms with Crippen LogP contribution in [-0.4, -0.2) is 71.0 Å². The number of likely N-dealkylation sites (tertiary alicyclic amines) is 1. The van der Waals surface area contributed by atoms with Crippen molar-refractivity contribution in [1.82, 2.24) is 25.1 Å². The third kappa shape index (κ3) is 10.2. The Morgan fingerprint density at radius 2 is 1.71 bits per heavy atom. The Balaban J connectivity index is 1.50. The Morgan fingerprint density at radius 1 is 1.00 bits per heavy atom. The molecule has 3 amide bonds. The molecule has 258 valence electrons. The van der Waals surface area contributed by atoms with Gasteiger partial charge in [0.05, 0.1) is 5.56 Å². The van der Waals surface area contributed by atoms with Gasteiger partial charge in [-0.15, -0.1) is 0 Å². The summed E-state index contributed by atoms with van der Waals surface area (Å²) in [5.74, 6) is -1.04. The van der Waals surface area contributed by atoms with Gasteiger partial charge in [0.15, 0.2) is 5.78 Å². The lowest BCUT2D eigenvalue weighted by Crippen LogP contribution is -2.46. The van der Waals surface area contributed by atoms with Crippen LogP contribution in [0.2, 0.25) is 30.7 Å². The van der Waals surface area contributed by atoms with Gasteiger partial charge in [-0.1, -0.05) is 37.3 Å². The molecule has 13 heteroatoms. The number of aromatic nitrogens is 2. The maximum absolute atomic E-state index is 14.3. The van der Waals surface area contributed by atoms with Crippen LogP contribution < -0.4 is 10.6 Å². The second-order valence-corrected chi connectivity index (χ2v) is 20.2. The standard InChI is InChI=1S/C35H46ClN5O6Si/c1-35(2,3)47-34(45)39-21-25-9-10-27(36)20-26(25)22-38-32(43)29-8-7-16-41(29)33(44)30-28(31(42)24-11-14-37-15-12-24)13-17-40(30)23-46-18-19-48(4,5)6/h9-15,17,20,29H,7-8,16,18-19,21-23H2,1-6H3,(H,38,43)(H,39,45)/t29-/m0/s1. The molecular formula is C35H46ClN5O6Si. The number of carbonyl (C=O) groups is 4. The highest BCUT2D eigenvalue weighted by Crippen LogP contribution is 2.25. The zero-order valence-electron chi connectivity index (χ0n) is 28.6. The fraction of sp³-hybridized carbons (Fsp3) is 0.457. The van der Waals surface area contributed by atoms with Gasteiger partial charge in [0.25, 0.3) is 5.91 Å². The van der Waals surface area contributed by atoms with Crippen LogP contribution in [-0.2, 0) is 34.1 Å². The van der Waals surface area contributed by atoms with Crippen molar-refractivity contribution in [3.05, 3.63) is 88.0 Å². The van der Waals surface area contributed by atoms with Crippen molar-refractivity contribution >= 4 is 43.4 Å². The largest absolute Gasteiger partial charge is 0.444 e. The van der Waals surface area contributed by atoms with E-state index in [2.05, 4.69) is 35.3 Å². The number of halogens is 1. The molecule has 2 aromatic heterocycles. The molecule has 0 radical (unpaired) electrons. The molecule has 4 rings (SSSR count). The van der Waals surface area contributed by atoms with Gasteiger partial charge in [-0.25, -0.2) is 4.79 Å². The molecule has 1 atom stereocenters. The van der Waals surface area contributed by atoms with Gasteiger partial charge in [-0.3, -0.25) is 19.4 Å². The van der Waals surface area contributed by atoms with Crippen LogP contribution >= 0.6 is 11.6 Å². The molecule has 1 aliphatic rings. The molecule has 48 heavy (non-hydrogen) atoms. The molecule has 3 aromatic rings. The number of ether oxygens (including phenoxy) is 2. The first-order valence-electron chi connectivity index (χ1n) is 16.2. The molecule has 1 saturated heterocycles. The lowest BCUT2D eigenvalue weighted by atomic mass is 10.0. The summed E-state index contributed by atoms with van der Waals surface area (Å²) >= 11 is 6.28. The van der Waals surface area contributed by atoms with Crippen molar-refractivity contribution in [2.45, 2.75) is 90.8 Å². The third-order valence-electron chi connectivity index (χ3n) is 7.84. The number of nitrogens with one attached hydrogen (secondary N) is 2. The predicted octanol–water partition coefficient (Wildman–Crippen LogP) is 6.03.